The summed E-state index contributed by atoms with van der Waals surface area (Å²) >= 11 is 0. The van der Waals surface area contributed by atoms with E-state index in [4.69, 9.17) is 13.6 Å². The molecule has 3 heterocycles. The van der Waals surface area contributed by atoms with Crippen molar-refractivity contribution in [1.29, 1.82) is 0 Å². The number of fused-ring (bicyclic) bond motifs is 2. The van der Waals surface area contributed by atoms with E-state index in [1.807, 2.05) is 37.3 Å². The summed E-state index contributed by atoms with van der Waals surface area (Å²) in [5.74, 6) is 1.10. The Bertz CT molecular complexity index is 1780. The van der Waals surface area contributed by atoms with Crippen LogP contribution in [0.4, 0.5) is 0 Å². The van der Waals surface area contributed by atoms with Gasteiger partial charge >= 0.3 is 5.63 Å². The van der Waals surface area contributed by atoms with Crippen LogP contribution in [-0.2, 0) is 0 Å². The summed E-state index contributed by atoms with van der Waals surface area (Å²) in [5.41, 5.74) is 4.99. The Morgan fingerprint density at radius 1 is 0.886 bits per heavy atom. The summed E-state index contributed by atoms with van der Waals surface area (Å²) in [6, 6.07) is 21.8. The van der Waals surface area contributed by atoms with Gasteiger partial charge in [0.05, 0.1) is 12.5 Å². The van der Waals surface area contributed by atoms with Crippen molar-refractivity contribution < 1.29 is 18.7 Å². The first-order valence-electron chi connectivity index (χ1n) is 11.0. The molecule has 35 heavy (non-hydrogen) atoms. The number of H-pyrrole nitrogens is 1. The molecule has 0 amide bonds. The average molecular weight is 464 g/mol. The van der Waals surface area contributed by atoms with Crippen molar-refractivity contribution in [2.45, 2.75) is 6.92 Å². The van der Waals surface area contributed by atoms with Gasteiger partial charge in [-0.2, -0.15) is 5.10 Å². The van der Waals surface area contributed by atoms with E-state index in [0.717, 1.165) is 16.8 Å². The smallest absolute Gasteiger partial charge is 0.336 e. The van der Waals surface area contributed by atoms with Crippen molar-refractivity contribution in [3.8, 4) is 45.2 Å². The molecule has 0 atom stereocenters. The lowest BCUT2D eigenvalue weighted by Crippen LogP contribution is -1.98. The Kier molecular flexibility index (Phi) is 4.70. The molecular formula is C28H20N2O5. The summed E-state index contributed by atoms with van der Waals surface area (Å²) in [4.78, 5) is 12.2. The number of methoxy groups -OCH3 is 1. The molecule has 0 bridgehead atoms. The molecule has 0 saturated carbocycles. The van der Waals surface area contributed by atoms with Gasteiger partial charge in [-0.1, -0.05) is 30.3 Å². The maximum Gasteiger partial charge on any atom is 0.336 e. The van der Waals surface area contributed by atoms with Crippen molar-refractivity contribution >= 4 is 21.9 Å². The van der Waals surface area contributed by atoms with Crippen molar-refractivity contribution in [3.63, 3.8) is 0 Å². The molecule has 0 aliphatic carbocycles. The van der Waals surface area contributed by atoms with Crippen LogP contribution in [0.5, 0.6) is 11.5 Å². The fourth-order valence-corrected chi connectivity index (χ4v) is 4.48. The number of nitrogens with zero attached hydrogens (tertiary/aromatic N) is 1. The second-order valence-electron chi connectivity index (χ2n) is 8.26. The van der Waals surface area contributed by atoms with Crippen LogP contribution in [0.3, 0.4) is 0 Å². The first kappa shape index (κ1) is 20.8. The predicted octanol–water partition coefficient (Wildman–Crippen LogP) is 6.29. The quantitative estimate of drug-likeness (QED) is 0.298. The van der Waals surface area contributed by atoms with Gasteiger partial charge in [0, 0.05) is 33.8 Å². The maximum atomic E-state index is 12.2. The van der Waals surface area contributed by atoms with E-state index in [-0.39, 0.29) is 5.75 Å². The number of phenolic OH excluding ortho intramolecular Hbond substituents is 1. The normalized spacial score (nSPS) is 11.4. The van der Waals surface area contributed by atoms with Gasteiger partial charge in [-0.05, 0) is 48.9 Å². The molecule has 172 valence electrons. The number of aromatic nitrogens is 2. The molecule has 0 fully saturated rings. The summed E-state index contributed by atoms with van der Waals surface area (Å²) in [5, 5.41) is 20.0. The first-order valence-corrected chi connectivity index (χ1v) is 11.0. The molecule has 0 saturated heterocycles. The highest BCUT2D eigenvalue weighted by Crippen LogP contribution is 2.43. The molecule has 6 rings (SSSR count). The third kappa shape index (κ3) is 3.36. The van der Waals surface area contributed by atoms with Gasteiger partial charge in [0.2, 0.25) is 0 Å². The Morgan fingerprint density at radius 2 is 1.66 bits per heavy atom. The molecule has 6 aromatic rings. The number of aromatic hydroxyl groups is 1. The lowest BCUT2D eigenvalue weighted by Gasteiger charge is -2.07. The number of hydrogen-bond acceptors (Lipinski definition) is 6. The molecule has 0 spiro atoms. The zero-order chi connectivity index (χ0) is 24.1. The Balaban J connectivity index is 1.54. The van der Waals surface area contributed by atoms with E-state index >= 15 is 0 Å². The van der Waals surface area contributed by atoms with E-state index in [1.54, 1.807) is 43.5 Å². The number of aryl methyl sites for hydroxylation is 1. The number of phenols is 1. The van der Waals surface area contributed by atoms with Gasteiger partial charge in [-0.25, -0.2) is 4.79 Å². The van der Waals surface area contributed by atoms with Gasteiger partial charge in [0.15, 0.2) is 0 Å². The van der Waals surface area contributed by atoms with Crippen LogP contribution in [0.15, 0.2) is 86.4 Å². The minimum absolute atomic E-state index is 0.0473. The number of rotatable bonds is 4. The minimum Gasteiger partial charge on any atom is -0.506 e. The van der Waals surface area contributed by atoms with Crippen LogP contribution in [-0.4, -0.2) is 22.4 Å². The molecule has 0 aliphatic heterocycles. The number of benzene rings is 3. The molecule has 0 aliphatic rings. The van der Waals surface area contributed by atoms with Crippen LogP contribution in [0, 0.1) is 6.92 Å². The molecule has 3 aromatic heterocycles. The maximum absolute atomic E-state index is 12.2. The number of furan rings is 1. The highest BCUT2D eigenvalue weighted by atomic mass is 16.5. The second kappa shape index (κ2) is 7.92. The first-order chi connectivity index (χ1) is 17.0. The van der Waals surface area contributed by atoms with Gasteiger partial charge in [0.1, 0.15) is 34.1 Å². The minimum atomic E-state index is -0.498. The topological polar surface area (TPSA) is 101 Å². The van der Waals surface area contributed by atoms with Crippen LogP contribution < -0.4 is 10.4 Å². The van der Waals surface area contributed by atoms with Crippen molar-refractivity contribution in [3.05, 3.63) is 88.9 Å². The number of nitrogens with one attached hydrogen (secondary N) is 1. The van der Waals surface area contributed by atoms with E-state index in [9.17, 15) is 9.90 Å². The third-order valence-electron chi connectivity index (χ3n) is 6.15. The van der Waals surface area contributed by atoms with Crippen molar-refractivity contribution in [2.75, 3.05) is 7.11 Å². The molecule has 0 radical (unpaired) electrons. The molecule has 2 N–H and O–H groups in total. The van der Waals surface area contributed by atoms with E-state index in [0.29, 0.717) is 50.3 Å². The van der Waals surface area contributed by atoms with Crippen LogP contribution >= 0.6 is 0 Å². The number of hydrogen-bond donors (Lipinski definition) is 2. The second-order valence-corrected chi connectivity index (χ2v) is 8.26. The van der Waals surface area contributed by atoms with Crippen LogP contribution in [0.2, 0.25) is 0 Å². The molecule has 0 unspecified atom stereocenters. The Morgan fingerprint density at radius 3 is 2.46 bits per heavy atom. The molecular weight excluding hydrogens is 444 g/mol. The predicted molar refractivity (Wildman–Crippen MR) is 134 cm³/mol. The van der Waals surface area contributed by atoms with E-state index in [1.165, 1.54) is 6.07 Å². The lowest BCUT2D eigenvalue weighted by atomic mass is 9.98. The third-order valence-corrected chi connectivity index (χ3v) is 6.15. The summed E-state index contributed by atoms with van der Waals surface area (Å²) in [6.07, 6.45) is 0. The van der Waals surface area contributed by atoms with Gasteiger partial charge in [-0.3, -0.25) is 5.10 Å². The highest BCUT2D eigenvalue weighted by Gasteiger charge is 2.21. The largest absolute Gasteiger partial charge is 0.506 e. The molecule has 7 heteroatoms. The fourth-order valence-electron chi connectivity index (χ4n) is 4.48. The summed E-state index contributed by atoms with van der Waals surface area (Å²) in [6.45, 7) is 1.95. The number of aromatic amines is 1. The Hall–Kier alpha value is -4.78. The van der Waals surface area contributed by atoms with E-state index < -0.39 is 5.63 Å². The molecule has 3 aromatic carbocycles. The zero-order valence-corrected chi connectivity index (χ0v) is 19.0. The van der Waals surface area contributed by atoms with Crippen molar-refractivity contribution in [1.82, 2.24) is 10.2 Å². The van der Waals surface area contributed by atoms with Crippen molar-refractivity contribution in [2.24, 2.45) is 0 Å². The SMILES string of the molecule is COc1ccc2oc(=O)cc(-c3cc4c(O)c(-c5n[nH]c(C)c5-c5ccccc5)ccc4o3)c2c1. The van der Waals surface area contributed by atoms with Crippen LogP contribution in [0.25, 0.3) is 55.6 Å². The lowest BCUT2D eigenvalue weighted by molar-refractivity contribution is 0.415. The highest BCUT2D eigenvalue weighted by molar-refractivity contribution is 5.99. The average Bonchev–Trinajstić information content (AvgIpc) is 3.48. The van der Waals surface area contributed by atoms with Crippen LogP contribution in [0.1, 0.15) is 5.69 Å². The molecule has 7 nitrogen and oxygen atoms in total. The summed E-state index contributed by atoms with van der Waals surface area (Å²) < 4.78 is 16.8. The monoisotopic (exact) mass is 464 g/mol. The Labute approximate surface area is 199 Å². The summed E-state index contributed by atoms with van der Waals surface area (Å²) in [7, 11) is 1.57. The van der Waals surface area contributed by atoms with Gasteiger partial charge in [0.25, 0.3) is 0 Å². The van der Waals surface area contributed by atoms with Gasteiger partial charge < -0.3 is 18.7 Å². The van der Waals surface area contributed by atoms with Gasteiger partial charge in [-0.15, -0.1) is 0 Å². The standard InChI is InChI=1S/C28H20N2O5/c1-15-26(16-6-4-3-5-7-16)27(30-29-15)18-9-11-23-21(28(18)32)13-24(34-23)20-14-25(31)35-22-10-8-17(33-2)12-19(20)22/h3-14,32H,1-2H3,(H,29,30). The number of ether oxygens (including phenoxy) is 1. The zero-order valence-electron chi connectivity index (χ0n) is 19.0. The fraction of sp³-hybridized carbons (Fsp3) is 0.0714. The van der Waals surface area contributed by atoms with E-state index in [2.05, 4.69) is 10.2 Å².